The summed E-state index contributed by atoms with van der Waals surface area (Å²) < 4.78 is 4.94. The molecule has 4 heteroatoms. The van der Waals surface area contributed by atoms with Crippen LogP contribution in [0.1, 0.15) is 34.1 Å². The highest BCUT2D eigenvalue weighted by atomic mass is 16.5. The van der Waals surface area contributed by atoms with Crippen molar-refractivity contribution >= 4 is 5.91 Å². The van der Waals surface area contributed by atoms with Crippen molar-refractivity contribution in [2.45, 2.75) is 40.2 Å². The summed E-state index contributed by atoms with van der Waals surface area (Å²) in [6, 6.07) is 0.0712. The average molecular weight is 230 g/mol. The molecule has 0 rings (SSSR count). The van der Waals surface area contributed by atoms with Gasteiger partial charge >= 0.3 is 0 Å². The number of carbonyl (C=O) groups is 1. The quantitative estimate of drug-likeness (QED) is 0.645. The van der Waals surface area contributed by atoms with Gasteiger partial charge in [0, 0.05) is 13.2 Å². The monoisotopic (exact) mass is 230 g/mol. The molecule has 0 saturated heterocycles. The molecule has 0 saturated carbocycles. The number of methoxy groups -OCH3 is 1. The Labute approximate surface area is 99.1 Å². The topological polar surface area (TPSA) is 50.4 Å². The van der Waals surface area contributed by atoms with Crippen LogP contribution >= 0.6 is 0 Å². The maximum Gasteiger partial charge on any atom is 0.234 e. The molecule has 0 aliphatic rings. The Hall–Kier alpha value is -0.610. The van der Waals surface area contributed by atoms with Crippen LogP contribution in [0.3, 0.4) is 0 Å². The van der Waals surface area contributed by atoms with Gasteiger partial charge in [0.2, 0.25) is 5.91 Å². The second kappa shape index (κ2) is 7.63. The minimum absolute atomic E-state index is 0.0264. The van der Waals surface area contributed by atoms with Crippen LogP contribution in [0, 0.1) is 5.41 Å². The van der Waals surface area contributed by atoms with Gasteiger partial charge in [0.15, 0.2) is 0 Å². The molecule has 96 valence electrons. The van der Waals surface area contributed by atoms with Crippen LogP contribution < -0.4 is 10.6 Å². The molecule has 2 N–H and O–H groups in total. The third-order valence-electron chi connectivity index (χ3n) is 2.16. The van der Waals surface area contributed by atoms with Crippen molar-refractivity contribution in [1.82, 2.24) is 10.6 Å². The normalized spacial score (nSPS) is 13.6. The van der Waals surface area contributed by atoms with Gasteiger partial charge in [-0.3, -0.25) is 4.79 Å². The summed E-state index contributed by atoms with van der Waals surface area (Å²) in [6.07, 6.45) is 1.06. The molecule has 0 aromatic rings. The van der Waals surface area contributed by atoms with Crippen LogP contribution in [-0.2, 0) is 9.53 Å². The molecule has 0 radical (unpaired) electrons. The molecule has 0 aliphatic carbocycles. The van der Waals surface area contributed by atoms with E-state index in [2.05, 4.69) is 31.4 Å². The maximum atomic E-state index is 11.4. The fourth-order valence-electron chi connectivity index (χ4n) is 1.28. The predicted octanol–water partition coefficient (Wildman–Crippen LogP) is 1.16. The van der Waals surface area contributed by atoms with Crippen LogP contribution in [0.4, 0.5) is 0 Å². The van der Waals surface area contributed by atoms with Crippen LogP contribution in [-0.4, -0.2) is 38.8 Å². The highest BCUT2D eigenvalue weighted by Gasteiger charge is 2.10. The van der Waals surface area contributed by atoms with Crippen LogP contribution in [0.2, 0.25) is 0 Å². The Morgan fingerprint density at radius 3 is 2.50 bits per heavy atom. The molecule has 1 amide bonds. The maximum absolute atomic E-state index is 11.4. The summed E-state index contributed by atoms with van der Waals surface area (Å²) in [6.45, 7) is 10.3. The summed E-state index contributed by atoms with van der Waals surface area (Å²) in [5.74, 6) is 0.0264. The SMILES string of the molecule is COCC(C)NC(=O)CNCCC(C)(C)C. The van der Waals surface area contributed by atoms with E-state index in [1.807, 2.05) is 6.92 Å². The molecule has 0 bridgehead atoms. The van der Waals surface area contributed by atoms with Gasteiger partial charge in [0.1, 0.15) is 0 Å². The van der Waals surface area contributed by atoms with Gasteiger partial charge < -0.3 is 15.4 Å². The van der Waals surface area contributed by atoms with Crippen molar-refractivity contribution in [3.05, 3.63) is 0 Å². The zero-order valence-electron chi connectivity index (χ0n) is 11.2. The van der Waals surface area contributed by atoms with Crippen molar-refractivity contribution in [3.8, 4) is 0 Å². The molecule has 0 aliphatic heterocycles. The zero-order valence-corrected chi connectivity index (χ0v) is 11.2. The third kappa shape index (κ3) is 9.93. The Kier molecular flexibility index (Phi) is 7.34. The fraction of sp³-hybridized carbons (Fsp3) is 0.917. The first kappa shape index (κ1) is 15.4. The smallest absolute Gasteiger partial charge is 0.234 e. The number of amides is 1. The standard InChI is InChI=1S/C12H26N2O2/c1-10(9-16-5)14-11(15)8-13-7-6-12(2,3)4/h10,13H,6-9H2,1-5H3,(H,14,15). The molecular weight excluding hydrogens is 204 g/mol. The molecule has 0 spiro atoms. The highest BCUT2D eigenvalue weighted by molar-refractivity contribution is 5.78. The second-order valence-electron chi connectivity index (χ2n) is 5.41. The number of ether oxygens (including phenoxy) is 1. The van der Waals surface area contributed by atoms with E-state index in [9.17, 15) is 4.79 Å². The van der Waals surface area contributed by atoms with Gasteiger partial charge in [-0.25, -0.2) is 0 Å². The van der Waals surface area contributed by atoms with Gasteiger partial charge in [0.05, 0.1) is 13.2 Å². The van der Waals surface area contributed by atoms with E-state index in [0.717, 1.165) is 13.0 Å². The molecule has 0 aromatic carbocycles. The molecule has 1 atom stereocenters. The first-order valence-electron chi connectivity index (χ1n) is 5.84. The lowest BCUT2D eigenvalue weighted by molar-refractivity contribution is -0.121. The Morgan fingerprint density at radius 2 is 2.00 bits per heavy atom. The molecule has 0 aromatic heterocycles. The first-order chi connectivity index (χ1) is 7.35. The summed E-state index contributed by atoms with van der Waals surface area (Å²) >= 11 is 0. The lowest BCUT2D eigenvalue weighted by atomic mass is 9.92. The highest BCUT2D eigenvalue weighted by Crippen LogP contribution is 2.16. The first-order valence-corrected chi connectivity index (χ1v) is 5.84. The zero-order chi connectivity index (χ0) is 12.6. The van der Waals surface area contributed by atoms with E-state index in [0.29, 0.717) is 18.6 Å². The van der Waals surface area contributed by atoms with Gasteiger partial charge in [-0.1, -0.05) is 20.8 Å². The van der Waals surface area contributed by atoms with Crippen molar-refractivity contribution in [3.63, 3.8) is 0 Å². The average Bonchev–Trinajstić information content (AvgIpc) is 2.11. The molecule has 0 fully saturated rings. The fourth-order valence-corrected chi connectivity index (χ4v) is 1.28. The summed E-state index contributed by atoms with van der Waals surface area (Å²) in [4.78, 5) is 11.4. The summed E-state index contributed by atoms with van der Waals surface area (Å²) in [5.41, 5.74) is 0.312. The third-order valence-corrected chi connectivity index (χ3v) is 2.16. The largest absolute Gasteiger partial charge is 0.383 e. The van der Waals surface area contributed by atoms with E-state index in [-0.39, 0.29) is 11.9 Å². The van der Waals surface area contributed by atoms with Gasteiger partial charge in [-0.15, -0.1) is 0 Å². The van der Waals surface area contributed by atoms with Crippen LogP contribution in [0.5, 0.6) is 0 Å². The Bertz CT molecular complexity index is 200. The van der Waals surface area contributed by atoms with E-state index in [4.69, 9.17) is 4.74 Å². The van der Waals surface area contributed by atoms with E-state index in [1.165, 1.54) is 0 Å². The van der Waals surface area contributed by atoms with E-state index >= 15 is 0 Å². The van der Waals surface area contributed by atoms with Gasteiger partial charge in [-0.2, -0.15) is 0 Å². The predicted molar refractivity (Wildman–Crippen MR) is 66.4 cm³/mol. The Morgan fingerprint density at radius 1 is 1.38 bits per heavy atom. The van der Waals surface area contributed by atoms with Crippen molar-refractivity contribution in [1.29, 1.82) is 0 Å². The lowest BCUT2D eigenvalue weighted by Gasteiger charge is -2.18. The van der Waals surface area contributed by atoms with E-state index in [1.54, 1.807) is 7.11 Å². The second-order valence-corrected chi connectivity index (χ2v) is 5.41. The number of rotatable bonds is 7. The van der Waals surface area contributed by atoms with Crippen LogP contribution in [0.25, 0.3) is 0 Å². The van der Waals surface area contributed by atoms with Crippen LogP contribution in [0.15, 0.2) is 0 Å². The molecular formula is C12H26N2O2. The summed E-state index contributed by atoms with van der Waals surface area (Å²) in [5, 5.41) is 5.99. The minimum atomic E-state index is 0.0264. The van der Waals surface area contributed by atoms with Gasteiger partial charge in [0.25, 0.3) is 0 Å². The lowest BCUT2D eigenvalue weighted by Crippen LogP contribution is -2.41. The molecule has 4 nitrogen and oxygen atoms in total. The number of hydrogen-bond acceptors (Lipinski definition) is 3. The number of hydrogen-bond donors (Lipinski definition) is 2. The van der Waals surface area contributed by atoms with Crippen molar-refractivity contribution in [2.75, 3.05) is 26.8 Å². The Balaban J connectivity index is 3.51. The van der Waals surface area contributed by atoms with Crippen molar-refractivity contribution in [2.24, 2.45) is 5.41 Å². The molecule has 1 unspecified atom stereocenters. The van der Waals surface area contributed by atoms with Gasteiger partial charge in [-0.05, 0) is 25.3 Å². The molecule has 0 heterocycles. The summed E-state index contributed by atoms with van der Waals surface area (Å²) in [7, 11) is 1.63. The van der Waals surface area contributed by atoms with Crippen molar-refractivity contribution < 1.29 is 9.53 Å². The number of carbonyl (C=O) groups excluding carboxylic acids is 1. The number of nitrogens with one attached hydrogen (secondary N) is 2. The van der Waals surface area contributed by atoms with E-state index < -0.39 is 0 Å². The minimum Gasteiger partial charge on any atom is -0.383 e. The molecule has 16 heavy (non-hydrogen) atoms.